The molecule has 0 radical (unpaired) electrons. The number of likely N-dealkylation sites (N-methyl/N-ethyl adjacent to an activating group) is 1. The molecule has 2 aromatic rings. The van der Waals surface area contributed by atoms with E-state index in [0.29, 0.717) is 6.04 Å². The van der Waals surface area contributed by atoms with Gasteiger partial charge in [0.25, 0.3) is 0 Å². The average Bonchev–Trinajstić information content (AvgIpc) is 3.09. The van der Waals surface area contributed by atoms with Crippen LogP contribution < -0.4 is 0 Å². The van der Waals surface area contributed by atoms with Crippen molar-refractivity contribution in [2.45, 2.75) is 25.9 Å². The van der Waals surface area contributed by atoms with E-state index in [9.17, 15) is 0 Å². The molecular weight excluding hydrogens is 260 g/mol. The van der Waals surface area contributed by atoms with Crippen molar-refractivity contribution in [2.75, 3.05) is 20.3 Å². The van der Waals surface area contributed by atoms with Crippen molar-refractivity contribution >= 4 is 11.3 Å². The van der Waals surface area contributed by atoms with Crippen molar-refractivity contribution in [1.82, 2.24) is 9.88 Å². The summed E-state index contributed by atoms with van der Waals surface area (Å²) in [7, 11) is 2.12. The number of aryl methyl sites for hydroxylation is 1. The van der Waals surface area contributed by atoms with Crippen LogP contribution in [0.5, 0.6) is 0 Å². The molecule has 0 unspecified atom stereocenters. The number of rotatable bonds is 4. The van der Waals surface area contributed by atoms with Crippen molar-refractivity contribution in [3.05, 3.63) is 29.0 Å². The molecule has 1 atom stereocenters. The lowest BCUT2D eigenvalue weighted by Gasteiger charge is -2.21. The third-order valence-electron chi connectivity index (χ3n) is 3.55. The van der Waals surface area contributed by atoms with Gasteiger partial charge < -0.3 is 9.15 Å². The van der Waals surface area contributed by atoms with Crippen LogP contribution in [-0.2, 0) is 11.3 Å². The summed E-state index contributed by atoms with van der Waals surface area (Å²) in [5.41, 5.74) is 1.03. The van der Waals surface area contributed by atoms with Crippen LogP contribution in [0, 0.1) is 6.92 Å². The summed E-state index contributed by atoms with van der Waals surface area (Å²) in [6, 6.07) is 4.55. The normalized spacial score (nSPS) is 19.4. The summed E-state index contributed by atoms with van der Waals surface area (Å²) in [5, 5.41) is 2.04. The number of hydrogen-bond acceptors (Lipinski definition) is 5. The van der Waals surface area contributed by atoms with E-state index in [0.717, 1.165) is 48.4 Å². The van der Waals surface area contributed by atoms with E-state index >= 15 is 0 Å². The molecule has 0 bridgehead atoms. The Kier molecular flexibility index (Phi) is 3.68. The number of ether oxygens (including phenoxy) is 1. The summed E-state index contributed by atoms with van der Waals surface area (Å²) in [6.07, 6.45) is 1.10. The van der Waals surface area contributed by atoms with Crippen LogP contribution in [0.15, 0.2) is 21.9 Å². The quantitative estimate of drug-likeness (QED) is 0.862. The fourth-order valence-corrected chi connectivity index (χ4v) is 2.96. The molecule has 5 heteroatoms. The second-order valence-electron chi connectivity index (χ2n) is 4.93. The molecule has 1 aliphatic rings. The van der Waals surface area contributed by atoms with E-state index in [4.69, 9.17) is 9.15 Å². The van der Waals surface area contributed by atoms with Gasteiger partial charge in [-0.05, 0) is 31.8 Å². The number of nitrogens with zero attached hydrogens (tertiary/aromatic N) is 2. The van der Waals surface area contributed by atoms with Crippen LogP contribution in [0.25, 0.3) is 10.8 Å². The minimum atomic E-state index is 0.501. The van der Waals surface area contributed by atoms with Gasteiger partial charge in [0, 0.05) is 19.2 Å². The standard InChI is InChI=1S/C14H18N2O2S/c1-10-12(8-16(2)11-5-6-17-9-11)15-14(18-10)13-4-3-7-19-13/h3-4,7,11H,5-6,8-9H2,1-2H3/t11-/m0/s1. The fraction of sp³-hybridized carbons (Fsp3) is 0.500. The van der Waals surface area contributed by atoms with E-state index in [1.165, 1.54) is 0 Å². The molecule has 0 N–H and O–H groups in total. The average molecular weight is 278 g/mol. The maximum Gasteiger partial charge on any atom is 0.236 e. The van der Waals surface area contributed by atoms with Gasteiger partial charge in [-0.2, -0.15) is 0 Å². The molecule has 3 rings (SSSR count). The molecule has 2 aromatic heterocycles. The molecule has 1 fully saturated rings. The van der Waals surface area contributed by atoms with Crippen LogP contribution in [0.3, 0.4) is 0 Å². The van der Waals surface area contributed by atoms with E-state index in [1.54, 1.807) is 11.3 Å². The Morgan fingerprint density at radius 3 is 3.11 bits per heavy atom. The summed E-state index contributed by atoms with van der Waals surface area (Å²) in [6.45, 7) is 4.49. The number of aromatic nitrogens is 1. The second kappa shape index (κ2) is 5.45. The van der Waals surface area contributed by atoms with E-state index in [-0.39, 0.29) is 0 Å². The van der Waals surface area contributed by atoms with Gasteiger partial charge in [0.05, 0.1) is 17.2 Å². The van der Waals surface area contributed by atoms with Gasteiger partial charge in [0.2, 0.25) is 5.89 Å². The fourth-order valence-electron chi connectivity index (χ4n) is 2.32. The SMILES string of the molecule is Cc1oc(-c2cccs2)nc1CN(C)[C@H]1CCOC1. The zero-order valence-electron chi connectivity index (χ0n) is 11.3. The summed E-state index contributed by atoms with van der Waals surface area (Å²) < 4.78 is 11.2. The predicted octanol–water partition coefficient (Wildman–Crippen LogP) is 2.93. The lowest BCUT2D eigenvalue weighted by Crippen LogP contribution is -2.31. The van der Waals surface area contributed by atoms with Crippen LogP contribution in [0.4, 0.5) is 0 Å². The molecule has 19 heavy (non-hydrogen) atoms. The molecule has 0 saturated carbocycles. The first-order valence-electron chi connectivity index (χ1n) is 6.52. The largest absolute Gasteiger partial charge is 0.440 e. The monoisotopic (exact) mass is 278 g/mol. The molecule has 3 heterocycles. The molecule has 0 aliphatic carbocycles. The molecule has 0 spiro atoms. The third kappa shape index (κ3) is 2.73. The predicted molar refractivity (Wildman–Crippen MR) is 75.2 cm³/mol. The van der Waals surface area contributed by atoms with Crippen molar-refractivity contribution in [2.24, 2.45) is 0 Å². The molecule has 1 saturated heterocycles. The highest BCUT2D eigenvalue weighted by atomic mass is 32.1. The zero-order valence-corrected chi connectivity index (χ0v) is 12.1. The Balaban J connectivity index is 1.74. The Bertz CT molecular complexity index is 530. The Morgan fingerprint density at radius 2 is 2.42 bits per heavy atom. The maximum absolute atomic E-state index is 5.76. The molecule has 0 aromatic carbocycles. The van der Waals surface area contributed by atoms with Crippen molar-refractivity contribution in [1.29, 1.82) is 0 Å². The van der Waals surface area contributed by atoms with Gasteiger partial charge in [0.1, 0.15) is 5.76 Å². The minimum absolute atomic E-state index is 0.501. The highest BCUT2D eigenvalue weighted by molar-refractivity contribution is 7.13. The topological polar surface area (TPSA) is 38.5 Å². The van der Waals surface area contributed by atoms with Gasteiger partial charge in [0.15, 0.2) is 0 Å². The number of hydrogen-bond donors (Lipinski definition) is 0. The molecule has 4 nitrogen and oxygen atoms in total. The second-order valence-corrected chi connectivity index (χ2v) is 5.88. The lowest BCUT2D eigenvalue weighted by atomic mass is 10.2. The molecular formula is C14H18N2O2S. The van der Waals surface area contributed by atoms with Gasteiger partial charge in [-0.15, -0.1) is 11.3 Å². The van der Waals surface area contributed by atoms with Gasteiger partial charge >= 0.3 is 0 Å². The Labute approximate surface area is 117 Å². The van der Waals surface area contributed by atoms with Crippen LogP contribution >= 0.6 is 11.3 Å². The Morgan fingerprint density at radius 1 is 1.53 bits per heavy atom. The van der Waals surface area contributed by atoms with E-state index < -0.39 is 0 Å². The highest BCUT2D eigenvalue weighted by Gasteiger charge is 2.22. The first-order valence-corrected chi connectivity index (χ1v) is 7.40. The van der Waals surface area contributed by atoms with E-state index in [2.05, 4.69) is 16.9 Å². The van der Waals surface area contributed by atoms with Gasteiger partial charge in [-0.25, -0.2) is 4.98 Å². The first-order chi connectivity index (χ1) is 9.24. The molecule has 1 aliphatic heterocycles. The highest BCUT2D eigenvalue weighted by Crippen LogP contribution is 2.26. The van der Waals surface area contributed by atoms with Crippen molar-refractivity contribution < 1.29 is 9.15 Å². The zero-order chi connectivity index (χ0) is 13.2. The number of oxazole rings is 1. The van der Waals surface area contributed by atoms with Crippen molar-refractivity contribution in [3.63, 3.8) is 0 Å². The van der Waals surface area contributed by atoms with Crippen LogP contribution in [0.1, 0.15) is 17.9 Å². The van der Waals surface area contributed by atoms with Crippen molar-refractivity contribution in [3.8, 4) is 10.8 Å². The molecule has 0 amide bonds. The summed E-state index contributed by atoms with van der Waals surface area (Å²) >= 11 is 1.65. The minimum Gasteiger partial charge on any atom is -0.440 e. The molecule has 102 valence electrons. The Hall–Kier alpha value is -1.17. The van der Waals surface area contributed by atoms with Crippen LogP contribution in [-0.4, -0.2) is 36.2 Å². The van der Waals surface area contributed by atoms with E-state index in [1.807, 2.05) is 24.4 Å². The smallest absolute Gasteiger partial charge is 0.236 e. The lowest BCUT2D eigenvalue weighted by molar-refractivity contribution is 0.155. The first kappa shape index (κ1) is 12.8. The maximum atomic E-state index is 5.76. The summed E-state index contributed by atoms with van der Waals surface area (Å²) in [4.78, 5) is 8.01. The number of thiophene rings is 1. The summed E-state index contributed by atoms with van der Waals surface area (Å²) in [5.74, 6) is 1.65. The third-order valence-corrected chi connectivity index (χ3v) is 4.41. The van der Waals surface area contributed by atoms with Crippen LogP contribution in [0.2, 0.25) is 0 Å². The van der Waals surface area contributed by atoms with Gasteiger partial charge in [-0.3, -0.25) is 4.90 Å². The van der Waals surface area contributed by atoms with Gasteiger partial charge in [-0.1, -0.05) is 6.07 Å².